The van der Waals surface area contributed by atoms with Gasteiger partial charge in [-0.25, -0.2) is 16.8 Å². The lowest BCUT2D eigenvalue weighted by molar-refractivity contribution is 0.411. The van der Waals surface area contributed by atoms with Gasteiger partial charge in [0.05, 0.1) is 28.8 Å². The van der Waals surface area contributed by atoms with E-state index in [1.54, 1.807) is 30.4 Å². The van der Waals surface area contributed by atoms with E-state index in [2.05, 4.69) is 5.32 Å². The topological polar surface area (TPSA) is 89.5 Å². The van der Waals surface area contributed by atoms with Crippen LogP contribution in [0.15, 0.2) is 40.6 Å². The minimum Gasteiger partial charge on any atom is -0.496 e. The summed E-state index contributed by atoms with van der Waals surface area (Å²) in [5.74, 6) is 0.0895. The molecule has 6 nitrogen and oxygen atoms in total. The zero-order chi connectivity index (χ0) is 19.7. The lowest BCUT2D eigenvalue weighted by Crippen LogP contribution is -2.44. The van der Waals surface area contributed by atoms with Crippen molar-refractivity contribution in [2.75, 3.05) is 25.2 Å². The van der Waals surface area contributed by atoms with Crippen LogP contribution < -0.4 is 10.1 Å². The van der Waals surface area contributed by atoms with Crippen molar-refractivity contribution >= 4 is 31.0 Å². The largest absolute Gasteiger partial charge is 0.496 e. The normalized spacial score (nSPS) is 22.0. The van der Waals surface area contributed by atoms with E-state index < -0.39 is 31.0 Å². The molecule has 0 amide bonds. The molecule has 0 bridgehead atoms. The highest BCUT2D eigenvalue weighted by Gasteiger charge is 2.45. The molecule has 1 saturated heterocycles. The number of benzene rings is 1. The maximum absolute atomic E-state index is 13.1. The fourth-order valence-electron chi connectivity index (χ4n) is 3.35. The van der Waals surface area contributed by atoms with Gasteiger partial charge in [-0.2, -0.15) is 0 Å². The zero-order valence-corrected chi connectivity index (χ0v) is 17.7. The third kappa shape index (κ3) is 4.53. The van der Waals surface area contributed by atoms with Gasteiger partial charge in [0.25, 0.3) is 0 Å². The van der Waals surface area contributed by atoms with Gasteiger partial charge in [0.2, 0.25) is 0 Å². The van der Waals surface area contributed by atoms with Crippen molar-refractivity contribution < 1.29 is 21.6 Å². The average Bonchev–Trinajstić information content (AvgIpc) is 3.22. The Hall–Kier alpha value is -1.42. The first-order chi connectivity index (χ1) is 12.7. The molecule has 3 rings (SSSR count). The van der Waals surface area contributed by atoms with Gasteiger partial charge >= 0.3 is 0 Å². The van der Waals surface area contributed by atoms with Gasteiger partial charge in [0.15, 0.2) is 19.7 Å². The molecule has 2 aromatic rings. The molecule has 2 heterocycles. The quantitative estimate of drug-likeness (QED) is 0.722. The zero-order valence-electron chi connectivity index (χ0n) is 15.2. The molecule has 0 saturated carbocycles. The van der Waals surface area contributed by atoms with Gasteiger partial charge in [-0.1, -0.05) is 6.07 Å². The third-order valence-electron chi connectivity index (χ3n) is 4.75. The van der Waals surface area contributed by atoms with Crippen molar-refractivity contribution in [1.29, 1.82) is 0 Å². The van der Waals surface area contributed by atoms with Crippen LogP contribution in [0.5, 0.6) is 5.75 Å². The Labute approximate surface area is 164 Å². The average molecular weight is 430 g/mol. The number of rotatable bonds is 7. The number of sulfone groups is 2. The van der Waals surface area contributed by atoms with Crippen molar-refractivity contribution in [2.24, 2.45) is 0 Å². The van der Waals surface area contributed by atoms with Crippen LogP contribution in [0.25, 0.3) is 0 Å². The lowest BCUT2D eigenvalue weighted by Gasteiger charge is -2.20. The van der Waals surface area contributed by atoms with Crippen molar-refractivity contribution in [1.82, 2.24) is 5.32 Å². The summed E-state index contributed by atoms with van der Waals surface area (Å²) in [6, 6.07) is 7.98. The maximum Gasteiger partial charge on any atom is 0.183 e. The lowest BCUT2D eigenvalue weighted by atomic mass is 10.2. The molecular weight excluding hydrogens is 406 g/mol. The molecule has 1 aliphatic rings. The first kappa shape index (κ1) is 20.3. The summed E-state index contributed by atoms with van der Waals surface area (Å²) < 4.78 is 55.8. The van der Waals surface area contributed by atoms with E-state index in [0.717, 1.165) is 6.42 Å². The monoisotopic (exact) mass is 429 g/mol. The summed E-state index contributed by atoms with van der Waals surface area (Å²) in [4.78, 5) is 1.31. The van der Waals surface area contributed by atoms with Gasteiger partial charge in [-0.05, 0) is 48.6 Å². The molecule has 1 aromatic carbocycles. The minimum absolute atomic E-state index is 0.132. The molecule has 1 aliphatic heterocycles. The first-order valence-corrected chi connectivity index (χ1v) is 12.8. The van der Waals surface area contributed by atoms with E-state index in [0.29, 0.717) is 17.9 Å². The number of hydrogen-bond acceptors (Lipinski definition) is 7. The Bertz CT molecular complexity index is 998. The van der Waals surface area contributed by atoms with Crippen molar-refractivity contribution in [3.05, 3.63) is 46.2 Å². The summed E-state index contributed by atoms with van der Waals surface area (Å²) in [6.07, 6.45) is 0.739. The molecule has 0 aliphatic carbocycles. The van der Waals surface area contributed by atoms with E-state index in [9.17, 15) is 16.8 Å². The molecule has 27 heavy (non-hydrogen) atoms. The van der Waals surface area contributed by atoms with Gasteiger partial charge in [0, 0.05) is 17.5 Å². The van der Waals surface area contributed by atoms with Gasteiger partial charge in [-0.3, -0.25) is 0 Å². The second-order valence-electron chi connectivity index (χ2n) is 6.68. The number of methoxy groups -OCH3 is 1. The van der Waals surface area contributed by atoms with Crippen LogP contribution in [0.3, 0.4) is 0 Å². The minimum atomic E-state index is -3.79. The second kappa shape index (κ2) is 7.90. The molecule has 0 unspecified atom stereocenters. The van der Waals surface area contributed by atoms with E-state index in [4.69, 9.17) is 4.74 Å². The summed E-state index contributed by atoms with van der Waals surface area (Å²) in [6.45, 7) is 2.30. The summed E-state index contributed by atoms with van der Waals surface area (Å²) in [5.41, 5.74) is 0.696. The molecule has 1 fully saturated rings. The Morgan fingerprint density at radius 2 is 2.04 bits per heavy atom. The fourth-order valence-corrected chi connectivity index (χ4v) is 8.86. The number of aryl methyl sites for hydroxylation is 1. The van der Waals surface area contributed by atoms with Crippen molar-refractivity contribution in [3.63, 3.8) is 0 Å². The third-order valence-corrected chi connectivity index (χ3v) is 9.84. The summed E-state index contributed by atoms with van der Waals surface area (Å²) >= 11 is 1.63. The number of ether oxygens (including phenoxy) is 1. The van der Waals surface area contributed by atoms with E-state index >= 15 is 0 Å². The molecular formula is C18H23NO5S3. The Morgan fingerprint density at radius 1 is 1.26 bits per heavy atom. The van der Waals surface area contributed by atoms with Gasteiger partial charge < -0.3 is 10.1 Å². The highest BCUT2D eigenvalue weighted by atomic mass is 32.2. The second-order valence-corrected chi connectivity index (χ2v) is 12.0. The molecule has 9 heteroatoms. The molecule has 2 atom stereocenters. The van der Waals surface area contributed by atoms with Crippen LogP contribution >= 0.6 is 11.3 Å². The van der Waals surface area contributed by atoms with Crippen LogP contribution in [0.2, 0.25) is 0 Å². The molecule has 0 radical (unpaired) electrons. The SMILES string of the molecule is COc1ccc(S(=O)(=O)[C@@H]2CS(=O)(=O)C[C@@H]2NCCc2cccs2)cc1C. The van der Waals surface area contributed by atoms with Crippen LogP contribution in [-0.2, 0) is 26.1 Å². The molecule has 148 valence electrons. The number of thiophene rings is 1. The predicted octanol–water partition coefficient (Wildman–Crippen LogP) is 1.84. The smallest absolute Gasteiger partial charge is 0.183 e. The highest BCUT2D eigenvalue weighted by Crippen LogP contribution is 2.29. The van der Waals surface area contributed by atoms with Gasteiger partial charge in [-0.15, -0.1) is 11.3 Å². The number of nitrogens with one attached hydrogen (secondary N) is 1. The van der Waals surface area contributed by atoms with Crippen LogP contribution in [0.1, 0.15) is 10.4 Å². The van der Waals surface area contributed by atoms with E-state index in [1.807, 2.05) is 17.5 Å². The molecule has 0 spiro atoms. The fraction of sp³-hybridized carbons (Fsp3) is 0.444. The predicted molar refractivity (Wildman–Crippen MR) is 107 cm³/mol. The maximum atomic E-state index is 13.1. The number of hydrogen-bond donors (Lipinski definition) is 1. The Morgan fingerprint density at radius 3 is 2.67 bits per heavy atom. The van der Waals surface area contributed by atoms with Crippen molar-refractivity contribution in [3.8, 4) is 5.75 Å². The first-order valence-electron chi connectivity index (χ1n) is 8.58. The molecule has 1 aromatic heterocycles. The Balaban J connectivity index is 1.81. The van der Waals surface area contributed by atoms with Gasteiger partial charge in [0.1, 0.15) is 5.75 Å². The summed E-state index contributed by atoms with van der Waals surface area (Å²) in [5, 5.41) is 4.16. The van der Waals surface area contributed by atoms with E-state index in [1.165, 1.54) is 18.1 Å². The van der Waals surface area contributed by atoms with Crippen molar-refractivity contribution in [2.45, 2.75) is 29.5 Å². The van der Waals surface area contributed by atoms with Crippen LogP contribution in [-0.4, -0.2) is 53.3 Å². The van der Waals surface area contributed by atoms with Crippen LogP contribution in [0, 0.1) is 6.92 Å². The molecule has 1 N–H and O–H groups in total. The Kier molecular flexibility index (Phi) is 5.95. The summed E-state index contributed by atoms with van der Waals surface area (Å²) in [7, 11) is -5.67. The standard InChI is InChI=1S/C18H23NO5S3/c1-13-10-15(5-6-17(13)24-2)27(22,23)18-12-26(20,21)11-16(18)19-8-7-14-4-3-9-25-14/h3-6,9-10,16,18-19H,7-8,11-12H2,1-2H3/t16-,18+/m0/s1. The highest BCUT2D eigenvalue weighted by molar-refractivity contribution is 7.96. The van der Waals surface area contributed by atoms with Crippen LogP contribution in [0.4, 0.5) is 0 Å². The van der Waals surface area contributed by atoms with E-state index in [-0.39, 0.29) is 16.4 Å².